The predicted octanol–water partition coefficient (Wildman–Crippen LogP) is 6.76. The number of phenols is 1. The number of nitrogens with one attached hydrogen (secondary N) is 3. The Bertz CT molecular complexity index is 1390. The van der Waals surface area contributed by atoms with Gasteiger partial charge in [0.25, 0.3) is 0 Å². The first-order chi connectivity index (χ1) is 21.3. The maximum Gasteiger partial charge on any atom is 0.514 e. The van der Waals surface area contributed by atoms with E-state index >= 15 is 0 Å². The number of nitrogens with zero attached hydrogens (tertiary/aromatic N) is 1. The molecule has 0 saturated heterocycles. The number of aromatic hydroxyl groups is 1. The molecule has 2 aromatic rings. The average Bonchev–Trinajstić information content (AvgIpc) is 2.93. The Balaban J connectivity index is 1.73. The second-order valence-electron chi connectivity index (χ2n) is 15.0. The van der Waals surface area contributed by atoms with E-state index in [-0.39, 0.29) is 29.5 Å². The first-order valence-electron chi connectivity index (χ1n) is 16.0. The Kier molecular flexibility index (Phi) is 11.9. The maximum atomic E-state index is 13.2. The normalized spacial score (nSPS) is 18.0. The second-order valence-corrected chi connectivity index (χ2v) is 15.0. The highest BCUT2D eigenvalue weighted by Crippen LogP contribution is 2.40. The lowest BCUT2D eigenvalue weighted by atomic mass is 9.84. The van der Waals surface area contributed by atoms with Gasteiger partial charge in [0.15, 0.2) is 0 Å². The highest BCUT2D eigenvalue weighted by molar-refractivity contribution is 5.88. The van der Waals surface area contributed by atoms with Gasteiger partial charge in [0, 0.05) is 23.9 Å². The zero-order chi connectivity index (χ0) is 34.3. The third-order valence-corrected chi connectivity index (χ3v) is 7.67. The average molecular weight is 637 g/mol. The Hall–Kier alpha value is -4.08. The van der Waals surface area contributed by atoms with Crippen LogP contribution < -0.4 is 20.7 Å². The van der Waals surface area contributed by atoms with Crippen molar-refractivity contribution in [3.63, 3.8) is 0 Å². The van der Waals surface area contributed by atoms with Crippen LogP contribution in [0.5, 0.6) is 11.5 Å². The van der Waals surface area contributed by atoms with Crippen LogP contribution in [0.3, 0.4) is 0 Å². The van der Waals surface area contributed by atoms with E-state index in [1.54, 1.807) is 39.1 Å². The Morgan fingerprint density at radius 2 is 1.61 bits per heavy atom. The number of carbonyl (C=O) groups is 3. The molecule has 0 bridgehead atoms. The van der Waals surface area contributed by atoms with E-state index in [2.05, 4.69) is 16.0 Å². The van der Waals surface area contributed by atoms with Gasteiger partial charge in [0.2, 0.25) is 5.91 Å². The number of hydrogen-bond donors (Lipinski definition) is 4. The Labute approximate surface area is 273 Å². The van der Waals surface area contributed by atoms with E-state index in [9.17, 15) is 19.5 Å². The summed E-state index contributed by atoms with van der Waals surface area (Å²) in [5.41, 5.74) is 0.0927. The van der Waals surface area contributed by atoms with Crippen molar-refractivity contribution in [2.45, 2.75) is 124 Å². The van der Waals surface area contributed by atoms with Crippen LogP contribution in [0.15, 0.2) is 47.5 Å². The first-order valence-corrected chi connectivity index (χ1v) is 16.0. The third-order valence-electron chi connectivity index (χ3n) is 7.67. The molecule has 10 heteroatoms. The summed E-state index contributed by atoms with van der Waals surface area (Å²) in [6.45, 7) is 17.1. The van der Waals surface area contributed by atoms with Gasteiger partial charge in [-0.1, -0.05) is 84.7 Å². The van der Waals surface area contributed by atoms with Crippen molar-refractivity contribution in [2.75, 3.05) is 0 Å². The number of amides is 3. The smallest absolute Gasteiger partial charge is 0.507 e. The fraction of sp³-hybridized carbons (Fsp3) is 0.556. The number of phenolic OH excluding ortho intramolecular Hbond substituents is 1. The molecule has 0 radical (unpaired) electrons. The van der Waals surface area contributed by atoms with Gasteiger partial charge in [-0.05, 0) is 62.1 Å². The van der Waals surface area contributed by atoms with Crippen LogP contribution in [0.1, 0.15) is 105 Å². The highest BCUT2D eigenvalue weighted by atomic mass is 16.7. The molecule has 3 amide bonds. The van der Waals surface area contributed by atoms with Crippen molar-refractivity contribution >= 4 is 24.3 Å². The monoisotopic (exact) mass is 636 g/mol. The van der Waals surface area contributed by atoms with Gasteiger partial charge in [-0.15, -0.1) is 0 Å². The summed E-state index contributed by atoms with van der Waals surface area (Å²) in [6, 6.07) is 11.2. The lowest BCUT2D eigenvalue weighted by molar-refractivity contribution is -0.125. The predicted molar refractivity (Wildman–Crippen MR) is 181 cm³/mol. The van der Waals surface area contributed by atoms with E-state index in [0.29, 0.717) is 17.7 Å². The molecule has 0 unspecified atom stereocenters. The van der Waals surface area contributed by atoms with Crippen LogP contribution >= 0.6 is 0 Å². The first kappa shape index (κ1) is 36.4. The molecule has 1 aliphatic rings. The molecule has 46 heavy (non-hydrogen) atoms. The maximum absolute atomic E-state index is 13.2. The van der Waals surface area contributed by atoms with Crippen LogP contribution in [0.4, 0.5) is 9.59 Å². The number of hydrogen-bond acceptors (Lipinski definition) is 7. The van der Waals surface area contributed by atoms with Crippen LogP contribution in [0.2, 0.25) is 0 Å². The molecule has 0 aliphatic heterocycles. The lowest BCUT2D eigenvalue weighted by Gasteiger charge is -2.33. The molecule has 1 fully saturated rings. The molecule has 1 aliphatic carbocycles. The molecular formula is C36H52N4O6. The van der Waals surface area contributed by atoms with Crippen molar-refractivity contribution in [3.8, 4) is 11.5 Å². The van der Waals surface area contributed by atoms with E-state index in [1.807, 2.05) is 71.9 Å². The molecular weight excluding hydrogens is 584 g/mol. The minimum atomic E-state index is -0.851. The SMILES string of the molecule is CC(C)(C)OC(=O)Oc1ccc(C=N[C@@H]2CCCC[C@H]2NC(=O)N[C@H](C(=O)NCc2ccccc2)C(C)(C)C)c(O)c1C(C)(C)C. The fourth-order valence-electron chi connectivity index (χ4n) is 5.40. The topological polar surface area (TPSA) is 138 Å². The molecule has 3 atom stereocenters. The summed E-state index contributed by atoms with van der Waals surface area (Å²) < 4.78 is 10.8. The zero-order valence-corrected chi connectivity index (χ0v) is 28.8. The number of benzene rings is 2. The van der Waals surface area contributed by atoms with Gasteiger partial charge in [-0.25, -0.2) is 9.59 Å². The van der Waals surface area contributed by atoms with Gasteiger partial charge in [0.1, 0.15) is 23.1 Å². The second kappa shape index (κ2) is 15.0. The zero-order valence-electron chi connectivity index (χ0n) is 28.8. The molecule has 2 aromatic carbocycles. The van der Waals surface area contributed by atoms with Crippen molar-refractivity contribution in [2.24, 2.45) is 10.4 Å². The van der Waals surface area contributed by atoms with Crippen LogP contribution in [-0.4, -0.2) is 53.1 Å². The minimum absolute atomic E-state index is 0.0371. The Morgan fingerprint density at radius 3 is 2.22 bits per heavy atom. The lowest BCUT2D eigenvalue weighted by Crippen LogP contribution is -2.58. The molecule has 0 aromatic heterocycles. The van der Waals surface area contributed by atoms with E-state index < -0.39 is 34.7 Å². The largest absolute Gasteiger partial charge is 0.514 e. The Morgan fingerprint density at radius 1 is 0.957 bits per heavy atom. The molecule has 0 spiro atoms. The van der Waals surface area contributed by atoms with E-state index in [0.717, 1.165) is 31.2 Å². The van der Waals surface area contributed by atoms with Crippen molar-refractivity contribution in [1.29, 1.82) is 0 Å². The number of ether oxygens (including phenoxy) is 2. The van der Waals surface area contributed by atoms with Gasteiger partial charge in [0.05, 0.1) is 12.1 Å². The number of urea groups is 1. The van der Waals surface area contributed by atoms with Crippen LogP contribution in [-0.2, 0) is 21.5 Å². The fourth-order valence-corrected chi connectivity index (χ4v) is 5.40. The molecule has 4 N–H and O–H groups in total. The van der Waals surface area contributed by atoms with Gasteiger partial charge in [-0.3, -0.25) is 9.79 Å². The van der Waals surface area contributed by atoms with Crippen molar-refractivity contribution in [1.82, 2.24) is 16.0 Å². The summed E-state index contributed by atoms with van der Waals surface area (Å²) in [5.74, 6) is -0.0784. The molecule has 1 saturated carbocycles. The highest BCUT2D eigenvalue weighted by Gasteiger charge is 2.34. The summed E-state index contributed by atoms with van der Waals surface area (Å²) in [7, 11) is 0. The quantitative estimate of drug-likeness (QED) is 0.143. The molecule has 10 nitrogen and oxygen atoms in total. The van der Waals surface area contributed by atoms with Gasteiger partial charge in [-0.2, -0.15) is 0 Å². The van der Waals surface area contributed by atoms with Crippen molar-refractivity contribution < 1.29 is 29.0 Å². The van der Waals surface area contributed by atoms with Gasteiger partial charge >= 0.3 is 12.2 Å². The summed E-state index contributed by atoms with van der Waals surface area (Å²) in [5, 5.41) is 20.2. The third kappa shape index (κ3) is 10.8. The van der Waals surface area contributed by atoms with E-state index in [4.69, 9.17) is 14.5 Å². The summed E-state index contributed by atoms with van der Waals surface area (Å²) >= 11 is 0. The van der Waals surface area contributed by atoms with Crippen LogP contribution in [0, 0.1) is 5.41 Å². The minimum Gasteiger partial charge on any atom is -0.507 e. The molecule has 252 valence electrons. The molecule has 0 heterocycles. The number of rotatable bonds is 8. The van der Waals surface area contributed by atoms with Crippen molar-refractivity contribution in [3.05, 3.63) is 59.2 Å². The van der Waals surface area contributed by atoms with E-state index in [1.165, 1.54) is 0 Å². The van der Waals surface area contributed by atoms with Crippen LogP contribution in [0.25, 0.3) is 0 Å². The standard InChI is InChI=1S/C36H52N4O6/c1-34(2,3)28-27(45-33(44)46-36(7,8)9)20-19-24(29(28)41)22-37-25-17-13-14-18-26(25)39-32(43)40-30(35(4,5)6)31(42)38-21-23-15-11-10-12-16-23/h10-12,15-16,19-20,22,25-26,30,41H,13-14,17-18,21H2,1-9H3,(H,38,42)(H2,39,40,43)/t25-,26-,30-/m1/s1. The summed E-state index contributed by atoms with van der Waals surface area (Å²) in [6.07, 6.45) is 4.14. The van der Waals surface area contributed by atoms with Gasteiger partial charge < -0.3 is 30.5 Å². The summed E-state index contributed by atoms with van der Waals surface area (Å²) in [4.78, 5) is 43.6. The number of carbonyl (C=O) groups excluding carboxylic acids is 3. The number of aliphatic imine (C=N–C) groups is 1. The molecule has 3 rings (SSSR count).